The van der Waals surface area contributed by atoms with Crippen molar-refractivity contribution >= 4 is 5.95 Å². The third-order valence-electron chi connectivity index (χ3n) is 5.14. The van der Waals surface area contributed by atoms with Gasteiger partial charge in [0.25, 0.3) is 0 Å². The van der Waals surface area contributed by atoms with E-state index in [0.717, 1.165) is 18.2 Å². The van der Waals surface area contributed by atoms with Gasteiger partial charge in [0.1, 0.15) is 0 Å². The Hall–Kier alpha value is -1.16. The molecule has 2 aliphatic rings. The van der Waals surface area contributed by atoms with Crippen LogP contribution >= 0.6 is 0 Å². The van der Waals surface area contributed by atoms with Gasteiger partial charge in [-0.05, 0) is 37.2 Å². The standard InChI is InChI=1S/C16H26N4/c1-20(2)15-17-11-7-13(19-15)12-18-14-6-5-10-16(14)8-3-4-9-16/h7,11,14,18H,3-6,8-10,12H2,1-2H3. The molecule has 4 nitrogen and oxygen atoms in total. The van der Waals surface area contributed by atoms with Crippen LogP contribution < -0.4 is 10.2 Å². The molecule has 0 aromatic carbocycles. The summed E-state index contributed by atoms with van der Waals surface area (Å²) >= 11 is 0. The van der Waals surface area contributed by atoms with Crippen molar-refractivity contribution in [3.63, 3.8) is 0 Å². The molecule has 0 bridgehead atoms. The minimum Gasteiger partial charge on any atom is -0.347 e. The molecule has 0 radical (unpaired) electrons. The number of rotatable bonds is 4. The van der Waals surface area contributed by atoms with E-state index < -0.39 is 0 Å². The summed E-state index contributed by atoms with van der Waals surface area (Å²) in [5.74, 6) is 0.798. The smallest absolute Gasteiger partial charge is 0.225 e. The molecular formula is C16H26N4. The van der Waals surface area contributed by atoms with E-state index in [0.29, 0.717) is 11.5 Å². The molecule has 1 spiro atoms. The Balaban J connectivity index is 1.63. The second-order valence-electron chi connectivity index (χ2n) is 6.64. The number of hydrogen-bond acceptors (Lipinski definition) is 4. The van der Waals surface area contributed by atoms with Crippen molar-refractivity contribution < 1.29 is 0 Å². The summed E-state index contributed by atoms with van der Waals surface area (Å²) < 4.78 is 0. The zero-order valence-electron chi connectivity index (χ0n) is 12.7. The Bertz CT molecular complexity index is 446. The first-order valence-corrected chi connectivity index (χ1v) is 7.92. The second-order valence-corrected chi connectivity index (χ2v) is 6.64. The second kappa shape index (κ2) is 5.68. The third kappa shape index (κ3) is 2.66. The number of aromatic nitrogens is 2. The summed E-state index contributed by atoms with van der Waals surface area (Å²) in [5, 5.41) is 3.79. The van der Waals surface area contributed by atoms with Gasteiger partial charge in [-0.3, -0.25) is 0 Å². The van der Waals surface area contributed by atoms with Crippen molar-refractivity contribution in [1.29, 1.82) is 0 Å². The van der Waals surface area contributed by atoms with Crippen LogP contribution in [0.25, 0.3) is 0 Å². The van der Waals surface area contributed by atoms with Crippen LogP contribution in [0.2, 0.25) is 0 Å². The van der Waals surface area contributed by atoms with Crippen LogP contribution in [0.1, 0.15) is 50.6 Å². The number of anilines is 1. The monoisotopic (exact) mass is 274 g/mol. The van der Waals surface area contributed by atoms with Gasteiger partial charge < -0.3 is 10.2 Å². The molecule has 1 unspecified atom stereocenters. The highest BCUT2D eigenvalue weighted by Gasteiger charge is 2.44. The minimum atomic E-state index is 0.609. The van der Waals surface area contributed by atoms with Gasteiger partial charge >= 0.3 is 0 Å². The van der Waals surface area contributed by atoms with E-state index in [1.54, 1.807) is 0 Å². The number of hydrogen-bond donors (Lipinski definition) is 1. The van der Waals surface area contributed by atoms with Crippen molar-refractivity contribution in [2.24, 2.45) is 5.41 Å². The maximum atomic E-state index is 4.60. The lowest BCUT2D eigenvalue weighted by Gasteiger charge is -2.32. The molecule has 2 aliphatic carbocycles. The van der Waals surface area contributed by atoms with Gasteiger partial charge in [-0.15, -0.1) is 0 Å². The molecule has 0 saturated heterocycles. The van der Waals surface area contributed by atoms with Crippen molar-refractivity contribution in [3.05, 3.63) is 18.0 Å². The van der Waals surface area contributed by atoms with E-state index >= 15 is 0 Å². The summed E-state index contributed by atoms with van der Waals surface area (Å²) in [6.07, 6.45) is 11.7. The summed E-state index contributed by atoms with van der Waals surface area (Å²) in [4.78, 5) is 10.8. The molecule has 1 heterocycles. The summed E-state index contributed by atoms with van der Waals surface area (Å²) in [6.45, 7) is 0.871. The lowest BCUT2D eigenvalue weighted by atomic mass is 9.81. The molecule has 3 rings (SSSR count). The largest absolute Gasteiger partial charge is 0.347 e. The first-order valence-electron chi connectivity index (χ1n) is 7.92. The van der Waals surface area contributed by atoms with Crippen molar-refractivity contribution in [1.82, 2.24) is 15.3 Å². The molecule has 0 amide bonds. The summed E-state index contributed by atoms with van der Waals surface area (Å²) in [5.41, 5.74) is 1.71. The van der Waals surface area contributed by atoms with Gasteiger partial charge in [0.15, 0.2) is 0 Å². The maximum absolute atomic E-state index is 4.60. The highest BCUT2D eigenvalue weighted by Crippen LogP contribution is 2.50. The van der Waals surface area contributed by atoms with E-state index in [4.69, 9.17) is 0 Å². The fraction of sp³-hybridized carbons (Fsp3) is 0.750. The van der Waals surface area contributed by atoms with Crippen molar-refractivity contribution in [3.8, 4) is 0 Å². The number of nitrogens with one attached hydrogen (secondary N) is 1. The maximum Gasteiger partial charge on any atom is 0.225 e. The quantitative estimate of drug-likeness (QED) is 0.916. The minimum absolute atomic E-state index is 0.609. The fourth-order valence-electron chi connectivity index (χ4n) is 4.06. The van der Waals surface area contributed by atoms with E-state index in [1.165, 1.54) is 44.9 Å². The Morgan fingerprint density at radius 2 is 2.00 bits per heavy atom. The Morgan fingerprint density at radius 1 is 1.25 bits per heavy atom. The molecule has 1 aromatic rings. The Morgan fingerprint density at radius 3 is 2.75 bits per heavy atom. The van der Waals surface area contributed by atoms with Crippen LogP contribution in [0, 0.1) is 5.41 Å². The van der Waals surface area contributed by atoms with Gasteiger partial charge in [0, 0.05) is 32.9 Å². The predicted molar refractivity (Wildman–Crippen MR) is 81.7 cm³/mol. The van der Waals surface area contributed by atoms with Crippen LogP contribution in [0.15, 0.2) is 12.3 Å². The zero-order chi connectivity index (χ0) is 14.0. The van der Waals surface area contributed by atoms with Crippen LogP contribution in [0.3, 0.4) is 0 Å². The molecule has 2 fully saturated rings. The molecular weight excluding hydrogens is 248 g/mol. The van der Waals surface area contributed by atoms with Gasteiger partial charge in [-0.1, -0.05) is 19.3 Å². The molecule has 110 valence electrons. The predicted octanol–water partition coefficient (Wildman–Crippen LogP) is 2.75. The normalized spacial score (nSPS) is 24.4. The van der Waals surface area contributed by atoms with Crippen LogP contribution in [-0.4, -0.2) is 30.1 Å². The van der Waals surface area contributed by atoms with Gasteiger partial charge in [0.05, 0.1) is 5.69 Å². The first-order chi connectivity index (χ1) is 9.70. The topological polar surface area (TPSA) is 41.1 Å². The van der Waals surface area contributed by atoms with Gasteiger partial charge in [-0.25, -0.2) is 9.97 Å². The molecule has 1 aromatic heterocycles. The fourth-order valence-corrected chi connectivity index (χ4v) is 4.06. The van der Waals surface area contributed by atoms with Crippen LogP contribution in [0.4, 0.5) is 5.95 Å². The van der Waals surface area contributed by atoms with E-state index in [-0.39, 0.29) is 0 Å². The molecule has 4 heteroatoms. The van der Waals surface area contributed by atoms with Crippen molar-refractivity contribution in [2.45, 2.75) is 57.5 Å². The SMILES string of the molecule is CN(C)c1nccc(CNC2CCCC23CCCC3)n1. The molecule has 1 N–H and O–H groups in total. The highest BCUT2D eigenvalue weighted by molar-refractivity contribution is 5.27. The average Bonchev–Trinajstić information content (AvgIpc) is 3.08. The summed E-state index contributed by atoms with van der Waals surface area (Å²) in [7, 11) is 3.97. The first kappa shape index (κ1) is 13.8. The van der Waals surface area contributed by atoms with E-state index in [9.17, 15) is 0 Å². The van der Waals surface area contributed by atoms with E-state index in [2.05, 4.69) is 15.3 Å². The molecule has 2 saturated carbocycles. The molecule has 0 aliphatic heterocycles. The number of nitrogens with zero attached hydrogens (tertiary/aromatic N) is 3. The summed E-state index contributed by atoms with van der Waals surface area (Å²) in [6, 6.07) is 2.72. The van der Waals surface area contributed by atoms with Gasteiger partial charge in [0.2, 0.25) is 5.95 Å². The third-order valence-corrected chi connectivity index (χ3v) is 5.14. The van der Waals surface area contributed by atoms with Crippen molar-refractivity contribution in [2.75, 3.05) is 19.0 Å². The molecule has 1 atom stereocenters. The van der Waals surface area contributed by atoms with E-state index in [1.807, 2.05) is 31.3 Å². The Kier molecular flexibility index (Phi) is 3.92. The van der Waals surface area contributed by atoms with Crippen LogP contribution in [0.5, 0.6) is 0 Å². The van der Waals surface area contributed by atoms with Crippen LogP contribution in [-0.2, 0) is 6.54 Å². The van der Waals surface area contributed by atoms with Gasteiger partial charge in [-0.2, -0.15) is 0 Å². The highest BCUT2D eigenvalue weighted by atomic mass is 15.2. The lowest BCUT2D eigenvalue weighted by Crippen LogP contribution is -2.39. The lowest BCUT2D eigenvalue weighted by molar-refractivity contribution is 0.230. The average molecular weight is 274 g/mol. The Labute approximate surface area is 122 Å². The zero-order valence-corrected chi connectivity index (χ0v) is 12.7. The molecule has 20 heavy (non-hydrogen) atoms.